The second-order valence-electron chi connectivity index (χ2n) is 5.60. The number of hydrogen-bond acceptors (Lipinski definition) is 3. The van der Waals surface area contributed by atoms with Crippen molar-refractivity contribution in [2.75, 3.05) is 18.1 Å². The Hall–Kier alpha value is -0.870. The first-order valence-electron chi connectivity index (χ1n) is 7.61. The maximum Gasteiger partial charge on any atom is 0.151 e. The molecule has 0 aliphatic heterocycles. The van der Waals surface area contributed by atoms with Gasteiger partial charge in [-0.2, -0.15) is 0 Å². The maximum atomic E-state index is 11.6. The van der Waals surface area contributed by atoms with E-state index in [9.17, 15) is 8.42 Å². The molecule has 0 saturated heterocycles. The molecule has 2 atom stereocenters. The van der Waals surface area contributed by atoms with Gasteiger partial charge in [-0.25, -0.2) is 8.42 Å². The molecule has 1 aromatic carbocycles. The van der Waals surface area contributed by atoms with E-state index in [-0.39, 0.29) is 11.5 Å². The Balaban J connectivity index is 1.94. The topological polar surface area (TPSA) is 46.2 Å². The quantitative estimate of drug-likeness (QED) is 0.878. The third kappa shape index (κ3) is 4.32. The first-order valence-corrected chi connectivity index (χ1v) is 9.43. The van der Waals surface area contributed by atoms with Gasteiger partial charge >= 0.3 is 0 Å². The summed E-state index contributed by atoms with van der Waals surface area (Å²) in [5.74, 6) is 1.01. The zero-order valence-corrected chi connectivity index (χ0v) is 13.0. The molecule has 4 heteroatoms. The summed E-state index contributed by atoms with van der Waals surface area (Å²) in [7, 11) is -2.86. The van der Waals surface area contributed by atoms with Gasteiger partial charge in [-0.1, -0.05) is 50.1 Å². The van der Waals surface area contributed by atoms with E-state index in [1.54, 1.807) is 6.92 Å². The molecule has 1 aromatic rings. The lowest BCUT2D eigenvalue weighted by atomic mass is 9.80. The predicted molar refractivity (Wildman–Crippen MR) is 83.8 cm³/mol. The van der Waals surface area contributed by atoms with Crippen molar-refractivity contribution in [3.05, 3.63) is 35.9 Å². The summed E-state index contributed by atoms with van der Waals surface area (Å²) in [5, 5.41) is 3.48. The summed E-state index contributed by atoms with van der Waals surface area (Å²) in [6.45, 7) is 2.28. The highest BCUT2D eigenvalue weighted by Crippen LogP contribution is 2.32. The third-order valence-corrected chi connectivity index (χ3v) is 5.96. The lowest BCUT2D eigenvalue weighted by Crippen LogP contribution is -2.39. The average Bonchev–Trinajstić information content (AvgIpc) is 2.48. The van der Waals surface area contributed by atoms with Crippen molar-refractivity contribution >= 4 is 9.84 Å². The molecule has 1 N–H and O–H groups in total. The molecule has 1 aliphatic carbocycles. The molecule has 1 fully saturated rings. The summed E-state index contributed by atoms with van der Waals surface area (Å²) < 4.78 is 23.1. The van der Waals surface area contributed by atoms with Crippen LogP contribution < -0.4 is 5.32 Å². The molecule has 0 bridgehead atoms. The predicted octanol–water partition coefficient (Wildman–Crippen LogP) is 2.74. The van der Waals surface area contributed by atoms with Crippen molar-refractivity contribution < 1.29 is 8.42 Å². The highest BCUT2D eigenvalue weighted by atomic mass is 32.2. The van der Waals surface area contributed by atoms with Gasteiger partial charge in [0.15, 0.2) is 9.84 Å². The Morgan fingerprint density at radius 1 is 1.15 bits per heavy atom. The minimum absolute atomic E-state index is 0.238. The van der Waals surface area contributed by atoms with Crippen molar-refractivity contribution in [1.29, 1.82) is 0 Å². The largest absolute Gasteiger partial charge is 0.312 e. The summed E-state index contributed by atoms with van der Waals surface area (Å²) in [6.07, 6.45) is 4.85. The lowest BCUT2D eigenvalue weighted by Gasteiger charge is -2.32. The van der Waals surface area contributed by atoms with Crippen LogP contribution in [0.25, 0.3) is 0 Å². The molecule has 1 saturated carbocycles. The number of hydrogen-bond donors (Lipinski definition) is 1. The summed E-state index contributed by atoms with van der Waals surface area (Å²) in [5.41, 5.74) is 1.38. The first-order chi connectivity index (χ1) is 9.62. The van der Waals surface area contributed by atoms with Crippen LogP contribution in [0.4, 0.5) is 0 Å². The Morgan fingerprint density at radius 3 is 2.55 bits per heavy atom. The number of benzene rings is 1. The van der Waals surface area contributed by atoms with E-state index in [0.29, 0.717) is 18.5 Å². The van der Waals surface area contributed by atoms with E-state index in [0.717, 1.165) is 6.42 Å². The first kappa shape index (κ1) is 15.5. The number of sulfone groups is 1. The minimum atomic E-state index is -2.86. The highest BCUT2D eigenvalue weighted by molar-refractivity contribution is 7.91. The molecule has 0 amide bonds. The van der Waals surface area contributed by atoms with Crippen molar-refractivity contribution in [1.82, 2.24) is 5.32 Å². The second kappa shape index (κ2) is 7.23. The van der Waals surface area contributed by atoms with Crippen LogP contribution in [0, 0.1) is 0 Å². The molecule has 0 heterocycles. The van der Waals surface area contributed by atoms with E-state index in [1.165, 1.54) is 24.8 Å². The molecular formula is C16H25NO2S. The van der Waals surface area contributed by atoms with Gasteiger partial charge in [-0.3, -0.25) is 0 Å². The van der Waals surface area contributed by atoms with Crippen LogP contribution in [0.1, 0.15) is 44.1 Å². The molecule has 112 valence electrons. The van der Waals surface area contributed by atoms with Crippen LogP contribution in [0.5, 0.6) is 0 Å². The Bertz CT molecular complexity index is 498. The number of nitrogens with one attached hydrogen (secondary N) is 1. The van der Waals surface area contributed by atoms with E-state index >= 15 is 0 Å². The van der Waals surface area contributed by atoms with Gasteiger partial charge in [0.25, 0.3) is 0 Å². The number of rotatable bonds is 6. The second-order valence-corrected chi connectivity index (χ2v) is 8.07. The van der Waals surface area contributed by atoms with E-state index < -0.39 is 9.84 Å². The van der Waals surface area contributed by atoms with E-state index in [2.05, 4.69) is 29.6 Å². The monoisotopic (exact) mass is 295 g/mol. The zero-order chi connectivity index (χ0) is 14.4. The smallest absolute Gasteiger partial charge is 0.151 e. The molecule has 2 rings (SSSR count). The van der Waals surface area contributed by atoms with Crippen molar-refractivity contribution in [2.45, 2.75) is 44.6 Å². The molecule has 0 spiro atoms. The van der Waals surface area contributed by atoms with Crippen molar-refractivity contribution in [3.8, 4) is 0 Å². The lowest BCUT2D eigenvalue weighted by molar-refractivity contribution is 0.333. The van der Waals surface area contributed by atoms with Gasteiger partial charge < -0.3 is 5.32 Å². The summed E-state index contributed by atoms with van der Waals surface area (Å²) >= 11 is 0. The molecule has 1 aliphatic rings. The van der Waals surface area contributed by atoms with Crippen LogP contribution >= 0.6 is 0 Å². The zero-order valence-electron chi connectivity index (χ0n) is 12.2. The van der Waals surface area contributed by atoms with E-state index in [4.69, 9.17) is 0 Å². The Kier molecular flexibility index (Phi) is 5.61. The fourth-order valence-electron chi connectivity index (χ4n) is 3.02. The standard InChI is InChI=1S/C16H25NO2S/c1-2-20(18,19)13-12-17-16-11-7-6-10-15(16)14-8-4-3-5-9-14/h3-5,8-9,15-17H,2,6-7,10-13H2,1H3. The van der Waals surface area contributed by atoms with Gasteiger partial charge in [0.1, 0.15) is 0 Å². The van der Waals surface area contributed by atoms with Gasteiger partial charge in [0.2, 0.25) is 0 Å². The Morgan fingerprint density at radius 2 is 1.85 bits per heavy atom. The molecule has 20 heavy (non-hydrogen) atoms. The van der Waals surface area contributed by atoms with Gasteiger partial charge in [0.05, 0.1) is 5.75 Å². The van der Waals surface area contributed by atoms with Crippen molar-refractivity contribution in [3.63, 3.8) is 0 Å². The SMILES string of the molecule is CCS(=O)(=O)CCNC1CCCCC1c1ccccc1. The molecule has 3 nitrogen and oxygen atoms in total. The van der Waals surface area contributed by atoms with Crippen LogP contribution in [0.2, 0.25) is 0 Å². The normalized spacial score (nSPS) is 23.6. The van der Waals surface area contributed by atoms with Crippen LogP contribution in [0.3, 0.4) is 0 Å². The van der Waals surface area contributed by atoms with Crippen molar-refractivity contribution in [2.24, 2.45) is 0 Å². The Labute approximate surface area is 122 Å². The average molecular weight is 295 g/mol. The van der Waals surface area contributed by atoms with Gasteiger partial charge in [-0.15, -0.1) is 0 Å². The molecule has 0 radical (unpaired) electrons. The molecular weight excluding hydrogens is 270 g/mol. The third-order valence-electron chi connectivity index (χ3n) is 4.25. The van der Waals surface area contributed by atoms with E-state index in [1.807, 2.05) is 6.07 Å². The van der Waals surface area contributed by atoms with Crippen LogP contribution in [-0.2, 0) is 9.84 Å². The van der Waals surface area contributed by atoms with Gasteiger partial charge in [-0.05, 0) is 24.3 Å². The van der Waals surface area contributed by atoms with Crippen LogP contribution in [-0.4, -0.2) is 32.5 Å². The maximum absolute atomic E-state index is 11.6. The highest BCUT2D eigenvalue weighted by Gasteiger charge is 2.26. The summed E-state index contributed by atoms with van der Waals surface area (Å²) in [4.78, 5) is 0. The fraction of sp³-hybridized carbons (Fsp3) is 0.625. The summed E-state index contributed by atoms with van der Waals surface area (Å²) in [6, 6.07) is 11.0. The molecule has 2 unspecified atom stereocenters. The molecule has 0 aromatic heterocycles. The fourth-order valence-corrected chi connectivity index (χ4v) is 3.74. The van der Waals surface area contributed by atoms with Gasteiger partial charge in [0, 0.05) is 18.3 Å². The minimum Gasteiger partial charge on any atom is -0.312 e. The van der Waals surface area contributed by atoms with Crippen LogP contribution in [0.15, 0.2) is 30.3 Å².